The van der Waals surface area contributed by atoms with Crippen LogP contribution in [0.4, 0.5) is 16.2 Å². The largest absolute Gasteiger partial charge is 0.506 e. The maximum Gasteiger partial charge on any atom is 0.412 e. The van der Waals surface area contributed by atoms with Crippen molar-refractivity contribution in [3.63, 3.8) is 0 Å². The molecule has 1 aliphatic carbocycles. The number of rotatable bonds is 5. The minimum Gasteiger partial charge on any atom is -0.506 e. The highest BCUT2D eigenvalue weighted by atomic mass is 32.3. The van der Waals surface area contributed by atoms with Crippen molar-refractivity contribution in [2.45, 2.75) is 69.8 Å². The Morgan fingerprint density at radius 2 is 1.89 bits per heavy atom. The van der Waals surface area contributed by atoms with Crippen molar-refractivity contribution >= 4 is 45.6 Å². The number of hydrogen-bond donors (Lipinski definition) is 5. The van der Waals surface area contributed by atoms with E-state index in [1.54, 1.807) is 45.0 Å². The third kappa shape index (κ3) is 5.09. The Bertz CT molecular complexity index is 1330. The number of nitrogens with one attached hydrogen (secondary N) is 2. The van der Waals surface area contributed by atoms with Gasteiger partial charge in [0.1, 0.15) is 21.8 Å². The summed E-state index contributed by atoms with van der Waals surface area (Å²) in [5, 5.41) is 16.7. The summed E-state index contributed by atoms with van der Waals surface area (Å²) in [6.45, 7) is 9.09. The lowest BCUT2D eigenvalue weighted by Crippen LogP contribution is -2.42. The molecule has 37 heavy (non-hydrogen) atoms. The van der Waals surface area contributed by atoms with Crippen LogP contribution in [0.3, 0.4) is 0 Å². The van der Waals surface area contributed by atoms with Gasteiger partial charge in [0.2, 0.25) is 0 Å². The van der Waals surface area contributed by atoms with Crippen LogP contribution in [-0.4, -0.2) is 37.5 Å². The van der Waals surface area contributed by atoms with Gasteiger partial charge in [0.25, 0.3) is 0 Å². The number of aliphatic hydroxyl groups is 1. The molecule has 1 amide bonds. The number of carbonyl (C=O) groups is 2. The maximum atomic E-state index is 13.9. The van der Waals surface area contributed by atoms with Crippen molar-refractivity contribution in [3.05, 3.63) is 59.2 Å². The number of nitrogens with zero attached hydrogens (tertiary/aromatic N) is 1. The summed E-state index contributed by atoms with van der Waals surface area (Å²) in [6.07, 6.45) is 1.57. The van der Waals surface area contributed by atoms with Crippen LogP contribution in [0.25, 0.3) is 5.76 Å². The molecule has 198 valence electrons. The average Bonchev–Trinajstić information content (AvgIpc) is 2.80. The zero-order chi connectivity index (χ0) is 27.2. The van der Waals surface area contributed by atoms with Gasteiger partial charge >= 0.3 is 6.09 Å². The summed E-state index contributed by atoms with van der Waals surface area (Å²) in [4.78, 5) is 26.1. The fraction of sp³-hybridized carbons (Fsp3) is 0.370. The highest BCUT2D eigenvalue weighted by molar-refractivity contribution is 8.23. The molecule has 1 atom stereocenters. The van der Waals surface area contributed by atoms with E-state index in [1.807, 2.05) is 26.0 Å². The molecule has 1 aliphatic heterocycles. The van der Waals surface area contributed by atoms with Crippen molar-refractivity contribution < 1.29 is 28.5 Å². The first kappa shape index (κ1) is 26.7. The molecule has 0 bridgehead atoms. The molecule has 10 heteroatoms. The first-order valence-corrected chi connectivity index (χ1v) is 13.6. The second-order valence-corrected chi connectivity index (χ2v) is 12.1. The topological polar surface area (TPSA) is 140 Å². The number of amides is 1. The first-order chi connectivity index (χ1) is 17.3. The standard InChI is InChI=1S/C27H33N3O6S/c1-6-7-14-27(5)18-11-9-8-10-17(18)22(31)21(23(27)32)24-29-19-13-12-16(15-20(19)37(34,35)30-24)28-25(33)36-26(2,3)4/h8-13,15,31,34-35H,6-7,14H2,1-5H3,(H,28,33)(H,29,30). The summed E-state index contributed by atoms with van der Waals surface area (Å²) >= 11 is 0. The van der Waals surface area contributed by atoms with Crippen LogP contribution in [0.1, 0.15) is 65.0 Å². The van der Waals surface area contributed by atoms with Gasteiger partial charge in [-0.25, -0.2) is 4.79 Å². The predicted molar refractivity (Wildman–Crippen MR) is 146 cm³/mol. The Labute approximate surface area is 218 Å². The molecule has 5 N–H and O–H groups in total. The summed E-state index contributed by atoms with van der Waals surface area (Å²) < 4.78 is 31.3. The van der Waals surface area contributed by atoms with Gasteiger partial charge in [-0.2, -0.15) is 0 Å². The lowest BCUT2D eigenvalue weighted by Gasteiger charge is -2.39. The minimum absolute atomic E-state index is 0.0438. The zero-order valence-corrected chi connectivity index (χ0v) is 22.4. The van der Waals surface area contributed by atoms with E-state index in [4.69, 9.17) is 4.74 Å². The molecule has 0 fully saturated rings. The maximum absolute atomic E-state index is 13.9. The van der Waals surface area contributed by atoms with Crippen molar-refractivity contribution in [2.75, 3.05) is 10.6 Å². The molecule has 0 saturated carbocycles. The Kier molecular flexibility index (Phi) is 6.87. The lowest BCUT2D eigenvalue weighted by atomic mass is 9.67. The highest BCUT2D eigenvalue weighted by Gasteiger charge is 2.46. The number of aliphatic hydroxyl groups excluding tert-OH is 1. The molecule has 1 unspecified atom stereocenters. The lowest BCUT2D eigenvalue weighted by molar-refractivity contribution is -0.120. The number of Topliss-reactive ketones (excluding diaryl/α,β-unsaturated/α-hetero) is 1. The smallest absolute Gasteiger partial charge is 0.412 e. The number of anilines is 2. The van der Waals surface area contributed by atoms with Gasteiger partial charge in [0.15, 0.2) is 11.6 Å². The van der Waals surface area contributed by atoms with Crippen LogP contribution in [0.2, 0.25) is 0 Å². The molecule has 1 heterocycles. The number of carbonyl (C=O) groups excluding carboxylic acids is 2. The summed E-state index contributed by atoms with van der Waals surface area (Å²) in [5.41, 5.74) is 0.124. The summed E-state index contributed by atoms with van der Waals surface area (Å²) in [7, 11) is -3.78. The number of hydrogen-bond acceptors (Lipinski definition) is 8. The van der Waals surface area contributed by atoms with Crippen LogP contribution in [0, 0.1) is 0 Å². The van der Waals surface area contributed by atoms with Gasteiger partial charge in [0.05, 0.1) is 11.1 Å². The fourth-order valence-electron chi connectivity index (χ4n) is 4.60. The number of fused-ring (bicyclic) bond motifs is 2. The normalized spacial score (nSPS) is 21.3. The molecule has 0 aromatic heterocycles. The van der Waals surface area contributed by atoms with Crippen molar-refractivity contribution in [1.29, 1.82) is 0 Å². The quantitative estimate of drug-likeness (QED) is 0.285. The third-order valence-corrected chi connectivity index (χ3v) is 7.77. The molecular weight excluding hydrogens is 494 g/mol. The Balaban J connectivity index is 1.73. The van der Waals surface area contributed by atoms with E-state index in [2.05, 4.69) is 15.0 Å². The molecule has 9 nitrogen and oxygen atoms in total. The number of unbranched alkanes of at least 4 members (excludes halogenated alkanes) is 1. The second-order valence-electron chi connectivity index (χ2n) is 10.5. The fourth-order valence-corrected chi connectivity index (χ4v) is 5.78. The van der Waals surface area contributed by atoms with E-state index < -0.39 is 27.9 Å². The van der Waals surface area contributed by atoms with Crippen molar-refractivity contribution in [3.8, 4) is 0 Å². The number of benzene rings is 2. The monoisotopic (exact) mass is 527 g/mol. The third-order valence-electron chi connectivity index (χ3n) is 6.40. The van der Waals surface area contributed by atoms with Crippen LogP contribution in [0.5, 0.6) is 0 Å². The Hall–Kier alpha value is -3.34. The molecule has 2 aromatic rings. The number of ether oxygens (including phenoxy) is 1. The number of ketones is 1. The van der Waals surface area contributed by atoms with Crippen molar-refractivity contribution in [2.24, 2.45) is 4.40 Å². The molecule has 4 rings (SSSR count). The van der Waals surface area contributed by atoms with Crippen LogP contribution >= 0.6 is 10.8 Å². The highest BCUT2D eigenvalue weighted by Crippen LogP contribution is 2.57. The summed E-state index contributed by atoms with van der Waals surface area (Å²) in [6, 6.07) is 11.7. The Morgan fingerprint density at radius 1 is 1.19 bits per heavy atom. The molecule has 2 aromatic carbocycles. The Morgan fingerprint density at radius 3 is 2.57 bits per heavy atom. The molecular formula is C27H33N3O6S. The van der Waals surface area contributed by atoms with Gasteiger partial charge in [-0.1, -0.05) is 54.8 Å². The van der Waals surface area contributed by atoms with Crippen LogP contribution < -0.4 is 10.6 Å². The second kappa shape index (κ2) is 9.51. The van der Waals surface area contributed by atoms with E-state index in [9.17, 15) is 23.8 Å². The first-order valence-electron chi connectivity index (χ1n) is 12.1. The van der Waals surface area contributed by atoms with E-state index >= 15 is 0 Å². The van der Waals surface area contributed by atoms with Gasteiger partial charge in [0, 0.05) is 11.3 Å². The van der Waals surface area contributed by atoms with Gasteiger partial charge in [-0.3, -0.25) is 19.2 Å². The van der Waals surface area contributed by atoms with Gasteiger partial charge in [-0.15, -0.1) is 4.40 Å². The minimum atomic E-state index is -3.78. The van der Waals surface area contributed by atoms with E-state index in [1.165, 1.54) is 6.07 Å². The zero-order valence-electron chi connectivity index (χ0n) is 21.6. The van der Waals surface area contributed by atoms with Gasteiger partial charge in [-0.05, 0) is 57.9 Å². The SMILES string of the molecule is CCCCC1(C)C(=O)C(C2=NS(O)(O)c3cc(NC(=O)OC(C)(C)C)ccc3N2)=C(O)c2ccccc21. The van der Waals surface area contributed by atoms with E-state index in [0.29, 0.717) is 17.7 Å². The molecule has 0 spiro atoms. The number of amidine groups is 1. The van der Waals surface area contributed by atoms with Gasteiger partial charge < -0.3 is 15.2 Å². The molecule has 2 aliphatic rings. The summed E-state index contributed by atoms with van der Waals surface area (Å²) in [5.74, 6) is -0.715. The predicted octanol–water partition coefficient (Wildman–Crippen LogP) is 6.88. The van der Waals surface area contributed by atoms with Crippen LogP contribution in [0.15, 0.2) is 57.3 Å². The van der Waals surface area contributed by atoms with Crippen molar-refractivity contribution in [1.82, 2.24) is 0 Å². The molecule has 0 saturated heterocycles. The van der Waals surface area contributed by atoms with Crippen LogP contribution in [-0.2, 0) is 14.9 Å². The van der Waals surface area contributed by atoms with E-state index in [-0.39, 0.29) is 33.5 Å². The van der Waals surface area contributed by atoms with E-state index in [0.717, 1.165) is 18.4 Å². The molecule has 0 radical (unpaired) electrons. The average molecular weight is 528 g/mol.